The van der Waals surface area contributed by atoms with Crippen LogP contribution in [0.1, 0.15) is 27.5 Å². The van der Waals surface area contributed by atoms with E-state index >= 15 is 0 Å². The van der Waals surface area contributed by atoms with Crippen molar-refractivity contribution in [2.75, 3.05) is 20.5 Å². The molecule has 2 aromatic rings. The van der Waals surface area contributed by atoms with Gasteiger partial charge in [0.25, 0.3) is 0 Å². The molecule has 1 unspecified atom stereocenters. The summed E-state index contributed by atoms with van der Waals surface area (Å²) >= 11 is 1.55. The fourth-order valence-corrected chi connectivity index (χ4v) is 5.11. The summed E-state index contributed by atoms with van der Waals surface area (Å²) in [7, 11) is 1.58. The van der Waals surface area contributed by atoms with E-state index in [2.05, 4.69) is 0 Å². The normalized spacial score (nSPS) is 18.5. The molecule has 3 atom stereocenters. The number of hydrogen-bond acceptors (Lipinski definition) is 5. The molecule has 1 aromatic heterocycles. The van der Waals surface area contributed by atoms with Crippen LogP contribution in [0, 0.1) is 0 Å². The first kappa shape index (κ1) is 16.9. The molecule has 24 heavy (non-hydrogen) atoms. The van der Waals surface area contributed by atoms with Crippen LogP contribution < -0.4 is 0 Å². The summed E-state index contributed by atoms with van der Waals surface area (Å²) in [5.74, 6) is -0.0567. The SMILES string of the molecule is COC(=O)[C@H]([C@@H]1c2ccccc2C=C(OC)c2sccc21)S(C)=O. The smallest absolute Gasteiger partial charge is 0.322 e. The van der Waals surface area contributed by atoms with Crippen LogP contribution in [-0.2, 0) is 25.1 Å². The van der Waals surface area contributed by atoms with Crippen molar-refractivity contribution in [2.24, 2.45) is 0 Å². The molecule has 0 saturated carbocycles. The standard InChI is InChI=1S/C18H18O4S2/c1-21-14-10-11-6-4-5-7-12(11)15(13-8-9-23-16(13)14)17(24(3)20)18(19)22-2/h4-10,15,17H,1-3H3/t15-,17+,24?/m1/s1. The lowest BCUT2D eigenvalue weighted by atomic mass is 9.87. The van der Waals surface area contributed by atoms with Gasteiger partial charge in [-0.25, -0.2) is 0 Å². The quantitative estimate of drug-likeness (QED) is 0.784. The van der Waals surface area contributed by atoms with Gasteiger partial charge in [0.05, 0.1) is 19.1 Å². The van der Waals surface area contributed by atoms with Gasteiger partial charge in [0, 0.05) is 23.0 Å². The number of rotatable bonds is 4. The van der Waals surface area contributed by atoms with Gasteiger partial charge < -0.3 is 9.47 Å². The van der Waals surface area contributed by atoms with Crippen LogP contribution in [0.4, 0.5) is 0 Å². The van der Waals surface area contributed by atoms with Crippen LogP contribution in [0.2, 0.25) is 0 Å². The largest absolute Gasteiger partial charge is 0.495 e. The predicted octanol–water partition coefficient (Wildman–Crippen LogP) is 3.26. The minimum atomic E-state index is -1.38. The van der Waals surface area contributed by atoms with E-state index in [1.165, 1.54) is 7.11 Å². The Labute approximate surface area is 147 Å². The molecule has 4 nitrogen and oxygen atoms in total. The highest BCUT2D eigenvalue weighted by Crippen LogP contribution is 2.43. The molecule has 0 spiro atoms. The van der Waals surface area contributed by atoms with Crippen molar-refractivity contribution in [3.8, 4) is 0 Å². The maximum atomic E-state index is 12.4. The molecule has 0 N–H and O–H groups in total. The number of ether oxygens (including phenoxy) is 2. The fraction of sp³-hybridized carbons (Fsp3) is 0.278. The highest BCUT2D eigenvalue weighted by Gasteiger charge is 2.39. The van der Waals surface area contributed by atoms with Crippen molar-refractivity contribution >= 4 is 39.9 Å². The number of methoxy groups -OCH3 is 2. The van der Waals surface area contributed by atoms with Crippen molar-refractivity contribution in [3.05, 3.63) is 57.3 Å². The van der Waals surface area contributed by atoms with Crippen molar-refractivity contribution in [2.45, 2.75) is 11.2 Å². The van der Waals surface area contributed by atoms with Crippen LogP contribution in [0.5, 0.6) is 0 Å². The van der Waals surface area contributed by atoms with Gasteiger partial charge in [-0.15, -0.1) is 11.3 Å². The third-order valence-corrected chi connectivity index (χ3v) is 6.31. The molecular weight excluding hydrogens is 344 g/mol. The third-order valence-electron chi connectivity index (χ3n) is 4.19. The molecule has 6 heteroatoms. The van der Waals surface area contributed by atoms with Gasteiger partial charge >= 0.3 is 5.97 Å². The maximum Gasteiger partial charge on any atom is 0.322 e. The molecule has 0 fully saturated rings. The van der Waals surface area contributed by atoms with Crippen LogP contribution in [0.15, 0.2) is 35.7 Å². The van der Waals surface area contributed by atoms with E-state index in [9.17, 15) is 9.00 Å². The van der Waals surface area contributed by atoms with Crippen molar-refractivity contribution in [3.63, 3.8) is 0 Å². The predicted molar refractivity (Wildman–Crippen MR) is 97.4 cm³/mol. The summed E-state index contributed by atoms with van der Waals surface area (Å²) in [6.45, 7) is 0. The Morgan fingerprint density at radius 3 is 2.62 bits per heavy atom. The topological polar surface area (TPSA) is 52.6 Å². The highest BCUT2D eigenvalue weighted by atomic mass is 32.2. The summed E-state index contributed by atoms with van der Waals surface area (Å²) in [5.41, 5.74) is 2.86. The molecule has 0 amide bonds. The van der Waals surface area contributed by atoms with E-state index < -0.39 is 22.0 Å². The molecule has 3 rings (SSSR count). The first-order chi connectivity index (χ1) is 11.6. The van der Waals surface area contributed by atoms with Crippen LogP contribution in [0.25, 0.3) is 11.8 Å². The number of carbonyl (C=O) groups is 1. The first-order valence-electron chi connectivity index (χ1n) is 7.41. The van der Waals surface area contributed by atoms with Gasteiger partial charge in [0.15, 0.2) is 0 Å². The average Bonchev–Trinajstić information content (AvgIpc) is 3.01. The second kappa shape index (κ2) is 6.91. The average molecular weight is 362 g/mol. The monoisotopic (exact) mass is 362 g/mol. The van der Waals surface area contributed by atoms with Crippen molar-refractivity contribution < 1.29 is 18.5 Å². The van der Waals surface area contributed by atoms with E-state index in [0.29, 0.717) is 0 Å². The van der Waals surface area contributed by atoms with Crippen LogP contribution >= 0.6 is 11.3 Å². The van der Waals surface area contributed by atoms with Gasteiger partial charge in [0.2, 0.25) is 0 Å². The molecule has 1 aliphatic carbocycles. The van der Waals surface area contributed by atoms with E-state index in [4.69, 9.17) is 9.47 Å². The number of carbonyl (C=O) groups excluding carboxylic acids is 1. The molecule has 1 heterocycles. The second-order valence-electron chi connectivity index (χ2n) is 5.47. The van der Waals surface area contributed by atoms with Gasteiger partial charge in [-0.2, -0.15) is 0 Å². The van der Waals surface area contributed by atoms with Crippen molar-refractivity contribution in [1.82, 2.24) is 0 Å². The van der Waals surface area contributed by atoms with E-state index in [1.54, 1.807) is 24.7 Å². The van der Waals surface area contributed by atoms with Crippen molar-refractivity contribution in [1.29, 1.82) is 0 Å². The van der Waals surface area contributed by atoms with E-state index in [-0.39, 0.29) is 5.92 Å². The molecule has 0 bridgehead atoms. The Morgan fingerprint density at radius 1 is 1.21 bits per heavy atom. The Kier molecular flexibility index (Phi) is 4.87. The molecule has 0 saturated heterocycles. The second-order valence-corrected chi connectivity index (χ2v) is 7.89. The zero-order valence-electron chi connectivity index (χ0n) is 13.6. The fourth-order valence-electron chi connectivity index (χ4n) is 3.12. The molecule has 0 aliphatic heterocycles. The molecule has 0 radical (unpaired) electrons. The number of fused-ring (bicyclic) bond motifs is 2. The van der Waals surface area contributed by atoms with E-state index in [1.807, 2.05) is 41.8 Å². The van der Waals surface area contributed by atoms with Crippen LogP contribution in [0.3, 0.4) is 0 Å². The zero-order valence-corrected chi connectivity index (χ0v) is 15.3. The number of hydrogen-bond donors (Lipinski definition) is 0. The molecule has 126 valence electrons. The summed E-state index contributed by atoms with van der Waals surface area (Å²) < 4.78 is 22.9. The van der Waals surface area contributed by atoms with Gasteiger partial charge in [0.1, 0.15) is 11.0 Å². The Hall–Kier alpha value is -1.92. The number of benzene rings is 1. The van der Waals surface area contributed by atoms with Gasteiger partial charge in [-0.05, 0) is 34.2 Å². The minimum Gasteiger partial charge on any atom is -0.495 e. The van der Waals surface area contributed by atoms with Gasteiger partial charge in [-0.1, -0.05) is 24.3 Å². The lowest BCUT2D eigenvalue weighted by Crippen LogP contribution is -2.34. The lowest BCUT2D eigenvalue weighted by Gasteiger charge is -2.25. The Morgan fingerprint density at radius 2 is 1.96 bits per heavy atom. The zero-order chi connectivity index (χ0) is 17.3. The molecule has 1 aliphatic rings. The summed E-state index contributed by atoms with van der Waals surface area (Å²) in [6.07, 6.45) is 3.52. The number of thiophene rings is 1. The number of esters is 1. The van der Waals surface area contributed by atoms with E-state index in [0.717, 1.165) is 27.3 Å². The summed E-state index contributed by atoms with van der Waals surface area (Å²) in [5, 5.41) is 1.19. The van der Waals surface area contributed by atoms with Gasteiger partial charge in [-0.3, -0.25) is 9.00 Å². The highest BCUT2D eigenvalue weighted by molar-refractivity contribution is 7.85. The Bertz CT molecular complexity index is 822. The maximum absolute atomic E-state index is 12.4. The summed E-state index contributed by atoms with van der Waals surface area (Å²) in [4.78, 5) is 13.4. The minimum absolute atomic E-state index is 0.343. The first-order valence-corrected chi connectivity index (χ1v) is 9.91. The molecular formula is C18H18O4S2. The summed E-state index contributed by atoms with van der Waals surface area (Å²) in [6, 6.07) is 9.79. The third kappa shape index (κ3) is 2.80. The lowest BCUT2D eigenvalue weighted by molar-refractivity contribution is -0.140. The van der Waals surface area contributed by atoms with Crippen LogP contribution in [-0.4, -0.2) is 35.9 Å². The Balaban J connectivity index is 2.29. The molecule has 1 aromatic carbocycles.